The van der Waals surface area contributed by atoms with Crippen LogP contribution >= 0.6 is 0 Å². The number of anilines is 1. The van der Waals surface area contributed by atoms with Crippen molar-refractivity contribution in [2.24, 2.45) is 0 Å². The molecule has 0 saturated carbocycles. The Hall–Kier alpha value is -2.96. The Bertz CT molecular complexity index is 794. The number of hydrogen-bond donors (Lipinski definition) is 1. The minimum Gasteiger partial charge on any atom is -0.361 e. The van der Waals surface area contributed by atoms with Crippen molar-refractivity contribution in [1.29, 1.82) is 0 Å². The van der Waals surface area contributed by atoms with E-state index >= 15 is 0 Å². The molecule has 0 spiro atoms. The van der Waals surface area contributed by atoms with Crippen molar-refractivity contribution in [3.8, 4) is 11.3 Å². The summed E-state index contributed by atoms with van der Waals surface area (Å²) in [5, 5.41) is 9.82. The molecule has 3 rings (SSSR count). The van der Waals surface area contributed by atoms with Crippen LogP contribution in [0.1, 0.15) is 16.2 Å². The fourth-order valence-corrected chi connectivity index (χ4v) is 1.77. The van der Waals surface area contributed by atoms with Crippen molar-refractivity contribution in [3.05, 3.63) is 53.7 Å². The van der Waals surface area contributed by atoms with E-state index in [4.69, 9.17) is 9.05 Å². The number of benzene rings is 1. The van der Waals surface area contributed by atoms with Gasteiger partial charge in [-0.3, -0.25) is 4.79 Å². The Morgan fingerprint density at radius 1 is 1.19 bits per heavy atom. The molecule has 0 atom stereocenters. The van der Waals surface area contributed by atoms with Crippen molar-refractivity contribution < 1.29 is 18.2 Å². The van der Waals surface area contributed by atoms with Crippen molar-refractivity contribution >= 4 is 11.7 Å². The summed E-state index contributed by atoms with van der Waals surface area (Å²) in [6.45, 7) is 1.68. The van der Waals surface area contributed by atoms with Gasteiger partial charge in [-0.25, -0.2) is 4.39 Å². The lowest BCUT2D eigenvalue weighted by Crippen LogP contribution is -2.12. The SMILES string of the molecule is Cc1cc(C(=O)Nc2cc(-c3cccc(F)c3)on2)no1. The number of carbonyl (C=O) groups is 1. The van der Waals surface area contributed by atoms with E-state index in [9.17, 15) is 9.18 Å². The van der Waals surface area contributed by atoms with Crippen molar-refractivity contribution in [1.82, 2.24) is 10.3 Å². The van der Waals surface area contributed by atoms with Crippen LogP contribution in [0.5, 0.6) is 0 Å². The van der Waals surface area contributed by atoms with Crippen LogP contribution in [0.3, 0.4) is 0 Å². The number of halogens is 1. The van der Waals surface area contributed by atoms with E-state index in [0.29, 0.717) is 17.1 Å². The van der Waals surface area contributed by atoms with Gasteiger partial charge >= 0.3 is 0 Å². The molecule has 0 radical (unpaired) electrons. The highest BCUT2D eigenvalue weighted by Crippen LogP contribution is 2.23. The van der Waals surface area contributed by atoms with Crippen LogP contribution in [-0.2, 0) is 0 Å². The number of aryl methyl sites for hydroxylation is 1. The Labute approximate surface area is 118 Å². The van der Waals surface area contributed by atoms with Crippen molar-refractivity contribution in [2.45, 2.75) is 6.92 Å². The predicted octanol–water partition coefficient (Wildman–Crippen LogP) is 3.03. The summed E-state index contributed by atoms with van der Waals surface area (Å²) < 4.78 is 23.0. The monoisotopic (exact) mass is 287 g/mol. The van der Waals surface area contributed by atoms with Gasteiger partial charge in [-0.05, 0) is 19.1 Å². The van der Waals surface area contributed by atoms with Crippen LogP contribution < -0.4 is 5.32 Å². The summed E-state index contributed by atoms with van der Waals surface area (Å²) in [5.74, 6) is 0.236. The van der Waals surface area contributed by atoms with Crippen molar-refractivity contribution in [3.63, 3.8) is 0 Å². The molecule has 0 fully saturated rings. The Morgan fingerprint density at radius 3 is 2.76 bits per heavy atom. The first-order chi connectivity index (χ1) is 10.1. The molecule has 0 aliphatic rings. The zero-order valence-electron chi connectivity index (χ0n) is 11.0. The third kappa shape index (κ3) is 2.81. The van der Waals surface area contributed by atoms with E-state index in [1.54, 1.807) is 19.1 Å². The van der Waals surface area contributed by atoms with Gasteiger partial charge < -0.3 is 14.4 Å². The molecule has 21 heavy (non-hydrogen) atoms. The number of amides is 1. The molecule has 6 nitrogen and oxygen atoms in total. The van der Waals surface area contributed by atoms with Gasteiger partial charge in [0.05, 0.1) is 0 Å². The van der Waals surface area contributed by atoms with Crippen LogP contribution in [0, 0.1) is 12.7 Å². The standard InChI is InChI=1S/C14H10FN3O3/c1-8-5-11(17-20-8)14(19)16-13-7-12(21-18-13)9-3-2-4-10(15)6-9/h2-7H,1H3,(H,16,18,19). The maximum absolute atomic E-state index is 13.1. The van der Waals surface area contributed by atoms with E-state index in [0.717, 1.165) is 0 Å². The smallest absolute Gasteiger partial charge is 0.279 e. The predicted molar refractivity (Wildman–Crippen MR) is 71.1 cm³/mol. The molecule has 2 aromatic heterocycles. The highest BCUT2D eigenvalue weighted by atomic mass is 19.1. The third-order valence-corrected chi connectivity index (χ3v) is 2.72. The molecular weight excluding hydrogens is 277 g/mol. The van der Waals surface area contributed by atoms with E-state index in [2.05, 4.69) is 15.6 Å². The molecule has 0 unspecified atom stereocenters. The highest BCUT2D eigenvalue weighted by molar-refractivity contribution is 6.02. The molecular formula is C14H10FN3O3. The van der Waals surface area contributed by atoms with Gasteiger partial charge in [-0.1, -0.05) is 22.4 Å². The Morgan fingerprint density at radius 2 is 2.05 bits per heavy atom. The first-order valence-electron chi connectivity index (χ1n) is 6.09. The van der Waals surface area contributed by atoms with Crippen LogP contribution in [0.15, 0.2) is 45.4 Å². The average Bonchev–Trinajstić information content (AvgIpc) is 3.08. The summed E-state index contributed by atoms with van der Waals surface area (Å²) in [6.07, 6.45) is 0. The molecule has 3 aromatic rings. The number of nitrogens with one attached hydrogen (secondary N) is 1. The molecule has 1 N–H and O–H groups in total. The summed E-state index contributed by atoms with van der Waals surface area (Å²) in [7, 11) is 0. The topological polar surface area (TPSA) is 81.2 Å². The maximum atomic E-state index is 13.1. The molecule has 1 amide bonds. The fraction of sp³-hybridized carbons (Fsp3) is 0.0714. The molecule has 1 aromatic carbocycles. The summed E-state index contributed by atoms with van der Waals surface area (Å²) >= 11 is 0. The zero-order chi connectivity index (χ0) is 14.8. The largest absolute Gasteiger partial charge is 0.361 e. The van der Waals surface area contributed by atoms with E-state index in [-0.39, 0.29) is 17.3 Å². The van der Waals surface area contributed by atoms with Crippen LogP contribution in [0.2, 0.25) is 0 Å². The first-order valence-corrected chi connectivity index (χ1v) is 6.09. The molecule has 2 heterocycles. The van der Waals surface area contributed by atoms with Gasteiger partial charge in [-0.2, -0.15) is 0 Å². The van der Waals surface area contributed by atoms with Gasteiger partial charge in [0.15, 0.2) is 17.3 Å². The summed E-state index contributed by atoms with van der Waals surface area (Å²) in [6, 6.07) is 8.88. The molecule has 7 heteroatoms. The highest BCUT2D eigenvalue weighted by Gasteiger charge is 2.14. The van der Waals surface area contributed by atoms with Gasteiger partial charge in [0.2, 0.25) is 0 Å². The molecule has 0 bridgehead atoms. The fourth-order valence-electron chi connectivity index (χ4n) is 1.77. The second-order valence-electron chi connectivity index (χ2n) is 4.36. The average molecular weight is 287 g/mol. The lowest BCUT2D eigenvalue weighted by molar-refractivity contribution is 0.101. The van der Waals surface area contributed by atoms with Crippen LogP contribution in [0.25, 0.3) is 11.3 Å². The zero-order valence-corrected chi connectivity index (χ0v) is 11.0. The Kier molecular flexibility index (Phi) is 3.23. The van der Waals surface area contributed by atoms with Gasteiger partial charge in [0, 0.05) is 17.7 Å². The minimum atomic E-state index is -0.467. The van der Waals surface area contributed by atoms with Gasteiger partial charge in [0.25, 0.3) is 5.91 Å². The lowest BCUT2D eigenvalue weighted by Gasteiger charge is -1.95. The van der Waals surface area contributed by atoms with Gasteiger partial charge in [-0.15, -0.1) is 0 Å². The van der Waals surface area contributed by atoms with Crippen LogP contribution in [-0.4, -0.2) is 16.2 Å². The van der Waals surface area contributed by atoms with E-state index < -0.39 is 5.91 Å². The second kappa shape index (κ2) is 5.20. The number of hydrogen-bond acceptors (Lipinski definition) is 5. The van der Waals surface area contributed by atoms with E-state index in [1.165, 1.54) is 24.3 Å². The normalized spacial score (nSPS) is 10.6. The third-order valence-electron chi connectivity index (χ3n) is 2.72. The minimum absolute atomic E-state index is 0.141. The molecule has 0 aliphatic heterocycles. The van der Waals surface area contributed by atoms with Crippen molar-refractivity contribution in [2.75, 3.05) is 5.32 Å². The van der Waals surface area contributed by atoms with E-state index in [1.807, 2.05) is 0 Å². The van der Waals surface area contributed by atoms with Crippen LogP contribution in [0.4, 0.5) is 10.2 Å². The summed E-state index contributed by atoms with van der Waals surface area (Å²) in [4.78, 5) is 11.9. The second-order valence-corrected chi connectivity index (χ2v) is 4.36. The van der Waals surface area contributed by atoms with Gasteiger partial charge in [0.1, 0.15) is 11.6 Å². The Balaban J connectivity index is 1.78. The number of rotatable bonds is 3. The summed E-state index contributed by atoms with van der Waals surface area (Å²) in [5.41, 5.74) is 0.670. The maximum Gasteiger partial charge on any atom is 0.279 e. The number of aromatic nitrogens is 2. The molecule has 0 aliphatic carbocycles. The number of carbonyl (C=O) groups excluding carboxylic acids is 1. The quantitative estimate of drug-likeness (QED) is 0.800. The lowest BCUT2D eigenvalue weighted by atomic mass is 10.2. The molecule has 106 valence electrons. The first kappa shape index (κ1) is 13.0. The number of nitrogens with zero attached hydrogens (tertiary/aromatic N) is 2. The molecule has 0 saturated heterocycles.